The van der Waals surface area contributed by atoms with Crippen LogP contribution in [0.5, 0.6) is 0 Å². The standard InChI is InChI=1S/C10H13N3O5/c14-7-5-11-3-6(7)4-12-10(15)8-1-2-9(18-8)13(16)17/h1-2,6-7,11,14H,3-5H2,(H,12,15). The van der Waals surface area contributed by atoms with E-state index in [0.717, 1.165) is 6.07 Å². The molecule has 1 amide bonds. The molecule has 1 aromatic heterocycles. The maximum absolute atomic E-state index is 11.6. The molecule has 0 aliphatic carbocycles. The van der Waals surface area contributed by atoms with Gasteiger partial charge in [0.15, 0.2) is 5.76 Å². The van der Waals surface area contributed by atoms with E-state index in [-0.39, 0.29) is 11.7 Å². The Morgan fingerprint density at radius 2 is 2.39 bits per heavy atom. The maximum Gasteiger partial charge on any atom is 0.433 e. The molecule has 2 heterocycles. The molecule has 1 fully saturated rings. The van der Waals surface area contributed by atoms with Crippen molar-refractivity contribution in [2.45, 2.75) is 6.10 Å². The second-order valence-corrected chi connectivity index (χ2v) is 4.09. The molecule has 1 aromatic rings. The van der Waals surface area contributed by atoms with Crippen LogP contribution in [0, 0.1) is 16.0 Å². The third-order valence-corrected chi connectivity index (χ3v) is 2.82. The summed E-state index contributed by atoms with van der Waals surface area (Å²) >= 11 is 0. The fourth-order valence-electron chi connectivity index (χ4n) is 1.79. The summed E-state index contributed by atoms with van der Waals surface area (Å²) in [5.41, 5.74) is 0. The Bertz CT molecular complexity index is 458. The predicted molar refractivity (Wildman–Crippen MR) is 60.1 cm³/mol. The van der Waals surface area contributed by atoms with Gasteiger partial charge in [0.25, 0.3) is 5.91 Å². The van der Waals surface area contributed by atoms with Crippen LogP contribution in [-0.4, -0.2) is 41.7 Å². The summed E-state index contributed by atoms with van der Waals surface area (Å²) in [6.07, 6.45) is -0.490. The van der Waals surface area contributed by atoms with Gasteiger partial charge in [-0.15, -0.1) is 0 Å². The van der Waals surface area contributed by atoms with Gasteiger partial charge in [0, 0.05) is 25.6 Å². The Balaban J connectivity index is 1.89. The number of furan rings is 1. The highest BCUT2D eigenvalue weighted by molar-refractivity contribution is 5.91. The van der Waals surface area contributed by atoms with Crippen LogP contribution in [0.2, 0.25) is 0 Å². The second kappa shape index (κ2) is 5.15. The molecule has 1 aliphatic heterocycles. The lowest BCUT2D eigenvalue weighted by Crippen LogP contribution is -2.34. The molecule has 2 rings (SSSR count). The summed E-state index contributed by atoms with van der Waals surface area (Å²) in [4.78, 5) is 21.3. The van der Waals surface area contributed by atoms with Crippen LogP contribution < -0.4 is 10.6 Å². The van der Waals surface area contributed by atoms with E-state index >= 15 is 0 Å². The van der Waals surface area contributed by atoms with Gasteiger partial charge in [0.05, 0.1) is 12.2 Å². The number of carbonyl (C=O) groups excluding carboxylic acids is 1. The van der Waals surface area contributed by atoms with Crippen molar-refractivity contribution in [3.8, 4) is 0 Å². The number of amides is 1. The fourth-order valence-corrected chi connectivity index (χ4v) is 1.79. The van der Waals surface area contributed by atoms with Crippen LogP contribution in [0.15, 0.2) is 16.5 Å². The minimum absolute atomic E-state index is 0.0566. The lowest BCUT2D eigenvalue weighted by Gasteiger charge is -2.13. The van der Waals surface area contributed by atoms with Gasteiger partial charge in [-0.25, -0.2) is 0 Å². The molecule has 0 spiro atoms. The number of nitrogens with zero attached hydrogens (tertiary/aromatic N) is 1. The van der Waals surface area contributed by atoms with Crippen molar-refractivity contribution in [3.63, 3.8) is 0 Å². The number of rotatable bonds is 4. The van der Waals surface area contributed by atoms with Crippen LogP contribution in [0.1, 0.15) is 10.6 Å². The molecule has 18 heavy (non-hydrogen) atoms. The van der Waals surface area contributed by atoms with Crippen molar-refractivity contribution in [2.24, 2.45) is 5.92 Å². The van der Waals surface area contributed by atoms with Gasteiger partial charge >= 0.3 is 5.88 Å². The Kier molecular flexibility index (Phi) is 3.58. The highest BCUT2D eigenvalue weighted by Gasteiger charge is 2.26. The van der Waals surface area contributed by atoms with E-state index in [0.29, 0.717) is 19.6 Å². The Hall–Kier alpha value is -1.93. The molecule has 0 saturated carbocycles. The van der Waals surface area contributed by atoms with Crippen molar-refractivity contribution >= 4 is 11.8 Å². The molecule has 8 heteroatoms. The Labute approximate surface area is 102 Å². The third-order valence-electron chi connectivity index (χ3n) is 2.82. The van der Waals surface area contributed by atoms with Crippen LogP contribution in [-0.2, 0) is 0 Å². The summed E-state index contributed by atoms with van der Waals surface area (Å²) in [6, 6.07) is 2.37. The van der Waals surface area contributed by atoms with Gasteiger partial charge in [0.1, 0.15) is 4.92 Å². The number of aliphatic hydroxyl groups excluding tert-OH is 1. The number of nitro groups is 1. The van der Waals surface area contributed by atoms with Gasteiger partial charge in [-0.2, -0.15) is 0 Å². The lowest BCUT2D eigenvalue weighted by molar-refractivity contribution is -0.402. The lowest BCUT2D eigenvalue weighted by atomic mass is 10.1. The van der Waals surface area contributed by atoms with Gasteiger partial charge in [0.2, 0.25) is 0 Å². The summed E-state index contributed by atoms with van der Waals surface area (Å²) in [5.74, 6) is -1.16. The molecule has 1 saturated heterocycles. The first-order chi connectivity index (χ1) is 8.58. The van der Waals surface area contributed by atoms with Gasteiger partial charge in [-0.1, -0.05) is 0 Å². The van der Waals surface area contributed by atoms with Crippen molar-refractivity contribution in [3.05, 3.63) is 28.0 Å². The van der Waals surface area contributed by atoms with E-state index in [1.54, 1.807) is 0 Å². The first-order valence-electron chi connectivity index (χ1n) is 5.49. The van der Waals surface area contributed by atoms with E-state index in [9.17, 15) is 20.0 Å². The molecular formula is C10H13N3O5. The molecule has 3 N–H and O–H groups in total. The summed E-state index contributed by atoms with van der Waals surface area (Å²) in [7, 11) is 0. The van der Waals surface area contributed by atoms with Crippen molar-refractivity contribution < 1.29 is 19.2 Å². The molecule has 0 radical (unpaired) electrons. The van der Waals surface area contributed by atoms with Gasteiger partial charge in [-0.3, -0.25) is 14.9 Å². The molecule has 98 valence electrons. The van der Waals surface area contributed by atoms with Crippen molar-refractivity contribution in [1.29, 1.82) is 0 Å². The zero-order chi connectivity index (χ0) is 13.1. The first kappa shape index (κ1) is 12.5. The summed E-state index contributed by atoms with van der Waals surface area (Å²) < 4.78 is 4.76. The monoisotopic (exact) mass is 255 g/mol. The minimum atomic E-state index is -0.707. The number of aliphatic hydroxyl groups is 1. The van der Waals surface area contributed by atoms with Crippen molar-refractivity contribution in [1.82, 2.24) is 10.6 Å². The molecule has 1 aliphatic rings. The number of β-amino-alcohol motifs (C(OH)–C–C–N with tert-alkyl or cyclic N) is 1. The molecule has 0 bridgehead atoms. The zero-order valence-electron chi connectivity index (χ0n) is 9.46. The van der Waals surface area contributed by atoms with Gasteiger partial charge in [-0.05, 0) is 6.07 Å². The first-order valence-corrected chi connectivity index (χ1v) is 5.49. The van der Waals surface area contributed by atoms with Gasteiger partial charge < -0.3 is 20.2 Å². The average Bonchev–Trinajstić information content (AvgIpc) is 2.94. The fraction of sp³-hybridized carbons (Fsp3) is 0.500. The molecule has 8 nitrogen and oxygen atoms in total. The quantitative estimate of drug-likeness (QED) is 0.493. The summed E-state index contributed by atoms with van der Waals surface area (Å²) in [5, 5.41) is 25.5. The zero-order valence-corrected chi connectivity index (χ0v) is 9.46. The second-order valence-electron chi connectivity index (χ2n) is 4.09. The van der Waals surface area contributed by atoms with E-state index < -0.39 is 22.8 Å². The number of carbonyl (C=O) groups is 1. The maximum atomic E-state index is 11.6. The Morgan fingerprint density at radius 3 is 2.94 bits per heavy atom. The van der Waals surface area contributed by atoms with Crippen LogP contribution in [0.3, 0.4) is 0 Å². The smallest absolute Gasteiger partial charge is 0.395 e. The van der Waals surface area contributed by atoms with Crippen LogP contribution in [0.4, 0.5) is 5.88 Å². The molecule has 0 aromatic carbocycles. The average molecular weight is 255 g/mol. The highest BCUT2D eigenvalue weighted by atomic mass is 16.6. The van der Waals surface area contributed by atoms with E-state index in [1.165, 1.54) is 6.07 Å². The van der Waals surface area contributed by atoms with Crippen molar-refractivity contribution in [2.75, 3.05) is 19.6 Å². The van der Waals surface area contributed by atoms with E-state index in [4.69, 9.17) is 4.42 Å². The summed E-state index contributed by atoms with van der Waals surface area (Å²) in [6.45, 7) is 1.42. The normalized spacial score (nSPS) is 22.9. The van der Waals surface area contributed by atoms with Crippen LogP contribution in [0.25, 0.3) is 0 Å². The molecule has 2 unspecified atom stereocenters. The number of nitrogens with one attached hydrogen (secondary N) is 2. The van der Waals surface area contributed by atoms with E-state index in [1.807, 2.05) is 0 Å². The topological polar surface area (TPSA) is 118 Å². The number of hydrogen-bond donors (Lipinski definition) is 3. The molecular weight excluding hydrogens is 242 g/mol. The number of hydrogen-bond acceptors (Lipinski definition) is 6. The third kappa shape index (κ3) is 2.66. The highest BCUT2D eigenvalue weighted by Crippen LogP contribution is 2.15. The predicted octanol–water partition coefficient (Wildman–Crippen LogP) is -0.502. The molecule has 2 atom stereocenters. The minimum Gasteiger partial charge on any atom is -0.395 e. The van der Waals surface area contributed by atoms with Crippen LogP contribution >= 0.6 is 0 Å². The largest absolute Gasteiger partial charge is 0.433 e. The SMILES string of the molecule is O=C(NCC1CNCC1O)c1ccc([N+](=O)[O-])o1. The van der Waals surface area contributed by atoms with E-state index in [2.05, 4.69) is 10.6 Å². The Morgan fingerprint density at radius 1 is 1.61 bits per heavy atom.